The zero-order valence-corrected chi connectivity index (χ0v) is 8.15. The first-order valence-electron chi connectivity index (χ1n) is 2.96. The summed E-state index contributed by atoms with van der Waals surface area (Å²) in [6.45, 7) is 0.338. The van der Waals surface area contributed by atoms with E-state index >= 15 is 0 Å². The molecular formula is C3H13NO6P2. The molecule has 0 unspecified atom stereocenters. The number of nitrogens with two attached hydrogens (primary N) is 1. The van der Waals surface area contributed by atoms with Gasteiger partial charge < -0.3 is 25.3 Å². The largest absolute Gasteiger partial charge is 0.330 e. The summed E-state index contributed by atoms with van der Waals surface area (Å²) < 4.78 is 18.8. The van der Waals surface area contributed by atoms with Crippen LogP contribution in [0.2, 0.25) is 0 Å². The second-order valence-corrected chi connectivity index (χ2v) is 4.15. The summed E-state index contributed by atoms with van der Waals surface area (Å²) in [6.07, 6.45) is 0.299. The van der Waals surface area contributed by atoms with E-state index in [4.69, 9.17) is 29.9 Å². The van der Waals surface area contributed by atoms with Gasteiger partial charge in [0, 0.05) is 0 Å². The molecule has 0 spiro atoms. The quantitative estimate of drug-likeness (QED) is 0.379. The first-order valence-corrected chi connectivity index (χ1v) is 6.06. The van der Waals surface area contributed by atoms with Gasteiger partial charge in [-0.25, -0.2) is 0 Å². The van der Waals surface area contributed by atoms with Gasteiger partial charge in [-0.05, 0) is 13.0 Å². The Kier molecular flexibility index (Phi) is 9.70. The van der Waals surface area contributed by atoms with Crippen LogP contribution < -0.4 is 5.73 Å². The summed E-state index contributed by atoms with van der Waals surface area (Å²) >= 11 is 0. The van der Waals surface area contributed by atoms with Crippen molar-refractivity contribution in [2.24, 2.45) is 5.73 Å². The predicted molar refractivity (Wildman–Crippen MR) is 44.0 cm³/mol. The van der Waals surface area contributed by atoms with Crippen LogP contribution in [-0.2, 0) is 9.13 Å². The second kappa shape index (κ2) is 7.89. The molecule has 0 radical (unpaired) electrons. The van der Waals surface area contributed by atoms with Crippen molar-refractivity contribution >= 4 is 15.9 Å². The third kappa shape index (κ3) is 31.8. The number of hydrogen-bond acceptors (Lipinski definition) is 3. The van der Waals surface area contributed by atoms with Crippen molar-refractivity contribution in [1.82, 2.24) is 0 Å². The van der Waals surface area contributed by atoms with Crippen molar-refractivity contribution in [1.29, 1.82) is 0 Å². The summed E-state index contributed by atoms with van der Waals surface area (Å²) in [6, 6.07) is 0. The molecule has 0 saturated heterocycles. The van der Waals surface area contributed by atoms with Crippen LogP contribution in [0, 0.1) is 0 Å². The second-order valence-electron chi connectivity index (χ2n) is 1.81. The first kappa shape index (κ1) is 14.8. The monoisotopic (exact) mass is 221 g/mol. The maximum absolute atomic E-state index is 10.0. The van der Waals surface area contributed by atoms with E-state index in [0.29, 0.717) is 13.0 Å². The van der Waals surface area contributed by atoms with Crippen molar-refractivity contribution in [2.45, 2.75) is 6.42 Å². The standard InChI is InChI=1S/C3H10NO3P.H3O3P/c4-2-1-3-8(5,6)7;1-4(2)3/h1-4H2,(H2,5,6,7);4H,(H2,1,2,3). The summed E-state index contributed by atoms with van der Waals surface area (Å²) in [7, 11) is -6.89. The lowest BCUT2D eigenvalue weighted by Gasteiger charge is -1.98. The summed E-state index contributed by atoms with van der Waals surface area (Å²) in [4.78, 5) is 30.7. The minimum atomic E-state index is -3.76. The van der Waals surface area contributed by atoms with E-state index in [1.807, 2.05) is 0 Å². The molecule has 12 heavy (non-hydrogen) atoms. The Morgan fingerprint density at radius 3 is 1.75 bits per heavy atom. The zero-order valence-electron chi connectivity index (χ0n) is 6.25. The van der Waals surface area contributed by atoms with Gasteiger partial charge in [0.1, 0.15) is 0 Å². The van der Waals surface area contributed by atoms with Gasteiger partial charge in [0.05, 0.1) is 6.16 Å². The fourth-order valence-corrected chi connectivity index (χ4v) is 0.892. The van der Waals surface area contributed by atoms with Gasteiger partial charge in [-0.1, -0.05) is 0 Å². The molecule has 0 aliphatic heterocycles. The molecule has 7 nitrogen and oxygen atoms in total. The van der Waals surface area contributed by atoms with Gasteiger partial charge in [0.15, 0.2) is 0 Å². The van der Waals surface area contributed by atoms with Gasteiger partial charge in [0.2, 0.25) is 0 Å². The minimum absolute atomic E-state index is 0.0938. The van der Waals surface area contributed by atoms with Crippen molar-refractivity contribution in [3.8, 4) is 0 Å². The molecule has 0 bridgehead atoms. The van der Waals surface area contributed by atoms with Gasteiger partial charge in [-0.15, -0.1) is 0 Å². The molecule has 6 N–H and O–H groups in total. The maximum atomic E-state index is 10.0. The topological polar surface area (TPSA) is 141 Å². The lowest BCUT2D eigenvalue weighted by atomic mass is 10.5. The molecule has 0 fully saturated rings. The highest BCUT2D eigenvalue weighted by atomic mass is 31.2. The molecule has 0 amide bonds. The van der Waals surface area contributed by atoms with Crippen LogP contribution in [0.25, 0.3) is 0 Å². The smallest absolute Gasteiger partial charge is 0.325 e. The van der Waals surface area contributed by atoms with E-state index in [1.165, 1.54) is 0 Å². The molecule has 0 aromatic heterocycles. The SMILES string of the molecule is NCCCP(=O)(O)O.O=[PH](O)O. The van der Waals surface area contributed by atoms with Crippen molar-refractivity contribution < 1.29 is 28.7 Å². The molecular weight excluding hydrogens is 208 g/mol. The molecule has 0 saturated carbocycles. The highest BCUT2D eigenvalue weighted by Crippen LogP contribution is 2.34. The van der Waals surface area contributed by atoms with E-state index in [2.05, 4.69) is 0 Å². The zero-order chi connectivity index (χ0) is 10.2. The molecule has 0 aliphatic rings. The van der Waals surface area contributed by atoms with E-state index in [9.17, 15) is 4.57 Å². The van der Waals surface area contributed by atoms with E-state index in [-0.39, 0.29) is 6.16 Å². The van der Waals surface area contributed by atoms with Crippen LogP contribution in [0.4, 0.5) is 0 Å². The van der Waals surface area contributed by atoms with Crippen LogP contribution in [0.5, 0.6) is 0 Å². The summed E-state index contributed by atoms with van der Waals surface area (Å²) in [5.41, 5.74) is 4.99. The molecule has 0 aromatic rings. The van der Waals surface area contributed by atoms with Crippen LogP contribution >= 0.6 is 15.9 Å². The number of hydrogen-bond donors (Lipinski definition) is 5. The summed E-state index contributed by atoms with van der Waals surface area (Å²) in [5.74, 6) is 0. The average Bonchev–Trinajstić information content (AvgIpc) is 1.80. The van der Waals surface area contributed by atoms with Crippen LogP contribution in [-0.4, -0.2) is 32.3 Å². The van der Waals surface area contributed by atoms with Gasteiger partial charge in [0.25, 0.3) is 0 Å². The van der Waals surface area contributed by atoms with Crippen LogP contribution in [0.1, 0.15) is 6.42 Å². The molecule has 0 heterocycles. The fraction of sp³-hybridized carbons (Fsp3) is 1.00. The predicted octanol–water partition coefficient (Wildman–Crippen LogP) is -1.13. The highest BCUT2D eigenvalue weighted by molar-refractivity contribution is 7.51. The maximum Gasteiger partial charge on any atom is 0.325 e. The van der Waals surface area contributed by atoms with Crippen molar-refractivity contribution in [3.63, 3.8) is 0 Å². The van der Waals surface area contributed by atoms with Crippen LogP contribution in [0.3, 0.4) is 0 Å². The van der Waals surface area contributed by atoms with Crippen LogP contribution in [0.15, 0.2) is 0 Å². The van der Waals surface area contributed by atoms with Gasteiger partial charge in [-0.3, -0.25) is 9.13 Å². The minimum Gasteiger partial charge on any atom is -0.330 e. The molecule has 0 aromatic carbocycles. The molecule has 0 rings (SSSR count). The Hall–Kier alpha value is 0.260. The molecule has 76 valence electrons. The molecule has 9 heteroatoms. The Morgan fingerprint density at radius 2 is 1.67 bits per heavy atom. The van der Waals surface area contributed by atoms with E-state index in [1.54, 1.807) is 0 Å². The summed E-state index contributed by atoms with van der Waals surface area (Å²) in [5, 5.41) is 0. The molecule has 0 aliphatic carbocycles. The Balaban J connectivity index is 0. The fourth-order valence-electron chi connectivity index (χ4n) is 0.297. The lowest BCUT2D eigenvalue weighted by molar-refractivity contribution is 0.372. The Labute approximate surface area is 70.3 Å². The average molecular weight is 221 g/mol. The third-order valence-corrected chi connectivity index (χ3v) is 1.55. The lowest BCUT2D eigenvalue weighted by Crippen LogP contribution is -2.01. The molecule has 0 atom stereocenters. The van der Waals surface area contributed by atoms with E-state index in [0.717, 1.165) is 0 Å². The Morgan fingerprint density at radius 1 is 1.33 bits per heavy atom. The highest BCUT2D eigenvalue weighted by Gasteiger charge is 2.09. The Bertz CT molecular complexity index is 162. The third-order valence-electron chi connectivity index (χ3n) is 0.654. The number of rotatable bonds is 3. The van der Waals surface area contributed by atoms with Crippen molar-refractivity contribution in [2.75, 3.05) is 12.7 Å². The van der Waals surface area contributed by atoms with E-state index < -0.39 is 15.9 Å². The normalized spacial score (nSPS) is 10.8. The van der Waals surface area contributed by atoms with Crippen molar-refractivity contribution in [3.05, 3.63) is 0 Å². The first-order chi connectivity index (χ1) is 5.29. The van der Waals surface area contributed by atoms with Gasteiger partial charge >= 0.3 is 15.9 Å². The van der Waals surface area contributed by atoms with Gasteiger partial charge in [-0.2, -0.15) is 0 Å².